The van der Waals surface area contributed by atoms with Gasteiger partial charge in [-0.1, -0.05) is 25.5 Å². The second-order valence-corrected chi connectivity index (χ2v) is 2.80. The molecule has 0 fully saturated rings. The highest BCUT2D eigenvalue weighted by Crippen LogP contribution is 2.03. The Balaban J connectivity index is 4.12. The van der Waals surface area contributed by atoms with E-state index < -0.39 is 0 Å². The molecule has 1 nitrogen and oxygen atoms in total. The lowest BCUT2D eigenvalue weighted by Crippen LogP contribution is -1.84. The van der Waals surface area contributed by atoms with Gasteiger partial charge >= 0.3 is 0 Å². The minimum atomic E-state index is 1.07. The third-order valence-corrected chi connectivity index (χ3v) is 1.76. The zero-order valence-corrected chi connectivity index (χ0v) is 8.59. The minimum absolute atomic E-state index is 1.07. The van der Waals surface area contributed by atoms with Crippen LogP contribution in [0.2, 0.25) is 0 Å². The topological polar surface area (TPSA) is 12.4 Å². The van der Waals surface area contributed by atoms with Crippen molar-refractivity contribution in [3.05, 3.63) is 23.4 Å². The number of rotatable bonds is 4. The first-order valence-corrected chi connectivity index (χ1v) is 4.56. The molecule has 0 aromatic rings. The van der Waals surface area contributed by atoms with Crippen molar-refractivity contribution in [3.8, 4) is 0 Å². The summed E-state index contributed by atoms with van der Waals surface area (Å²) in [4.78, 5) is 4.30. The fourth-order valence-electron chi connectivity index (χ4n) is 0.831. The Morgan fingerprint density at radius 3 is 2.33 bits per heavy atom. The Morgan fingerprint density at radius 2 is 1.92 bits per heavy atom. The highest BCUT2D eigenvalue weighted by atomic mass is 14.7. The molecule has 0 aromatic heterocycles. The largest absolute Gasteiger partial charge is 0.262 e. The molecule has 0 unspecified atom stereocenters. The minimum Gasteiger partial charge on any atom is -0.262 e. The van der Waals surface area contributed by atoms with Crippen molar-refractivity contribution >= 4 is 6.21 Å². The summed E-state index contributed by atoms with van der Waals surface area (Å²) in [5, 5.41) is 0. The highest BCUT2D eigenvalue weighted by molar-refractivity contribution is 5.79. The van der Waals surface area contributed by atoms with E-state index in [1.165, 1.54) is 12.0 Å². The molecule has 0 atom stereocenters. The first-order valence-electron chi connectivity index (χ1n) is 4.56. The van der Waals surface area contributed by atoms with Gasteiger partial charge in [0.1, 0.15) is 0 Å². The van der Waals surface area contributed by atoms with Gasteiger partial charge in [-0.15, -0.1) is 0 Å². The van der Waals surface area contributed by atoms with Crippen LogP contribution in [0.25, 0.3) is 0 Å². The molecule has 12 heavy (non-hydrogen) atoms. The number of aliphatic imine (C=N–C) groups is 1. The van der Waals surface area contributed by atoms with Crippen molar-refractivity contribution in [2.45, 2.75) is 40.5 Å². The average Bonchev–Trinajstić information content (AvgIpc) is 2.11. The summed E-state index contributed by atoms with van der Waals surface area (Å²) in [6.07, 6.45) is 8.39. The zero-order valence-electron chi connectivity index (χ0n) is 8.59. The molecule has 0 rings (SSSR count). The summed E-state index contributed by atoms with van der Waals surface area (Å²) >= 11 is 0. The van der Waals surface area contributed by atoms with Crippen molar-refractivity contribution in [1.29, 1.82) is 0 Å². The van der Waals surface area contributed by atoms with Crippen molar-refractivity contribution in [2.24, 2.45) is 4.99 Å². The standard InChI is InChI=1S/C11H19N/c1-5-8-11(7-3)9-12-10(4)6-2/h6-7,9H,5,8H2,1-4H3/b10-6-,11-7-,12-9+. The molecule has 68 valence electrons. The number of hydrogen-bond acceptors (Lipinski definition) is 1. The first kappa shape index (κ1) is 11.2. The fraction of sp³-hybridized carbons (Fsp3) is 0.545. The number of allylic oxidation sites excluding steroid dienone is 4. The van der Waals surface area contributed by atoms with Gasteiger partial charge in [0, 0.05) is 11.9 Å². The van der Waals surface area contributed by atoms with Crippen molar-refractivity contribution in [2.75, 3.05) is 0 Å². The maximum atomic E-state index is 4.30. The number of hydrogen-bond donors (Lipinski definition) is 0. The Bertz CT molecular complexity index is 197. The van der Waals surface area contributed by atoms with Gasteiger partial charge in [-0.2, -0.15) is 0 Å². The van der Waals surface area contributed by atoms with Crippen LogP contribution in [-0.4, -0.2) is 6.21 Å². The molecular formula is C11H19N. The van der Waals surface area contributed by atoms with Crippen LogP contribution in [0.15, 0.2) is 28.4 Å². The summed E-state index contributed by atoms with van der Waals surface area (Å²) < 4.78 is 0. The van der Waals surface area contributed by atoms with Gasteiger partial charge in [-0.05, 0) is 32.8 Å². The quantitative estimate of drug-likeness (QED) is 0.563. The second kappa shape index (κ2) is 6.84. The van der Waals surface area contributed by atoms with E-state index in [0.29, 0.717) is 0 Å². The molecule has 0 aliphatic heterocycles. The van der Waals surface area contributed by atoms with Crippen LogP contribution >= 0.6 is 0 Å². The molecule has 0 bridgehead atoms. The molecule has 0 aromatic carbocycles. The van der Waals surface area contributed by atoms with E-state index in [2.05, 4.69) is 24.9 Å². The summed E-state index contributed by atoms with van der Waals surface area (Å²) in [5.74, 6) is 0. The maximum Gasteiger partial charge on any atom is 0.0330 e. The van der Waals surface area contributed by atoms with E-state index in [9.17, 15) is 0 Å². The molecule has 0 aliphatic rings. The van der Waals surface area contributed by atoms with Crippen LogP contribution < -0.4 is 0 Å². The lowest BCUT2D eigenvalue weighted by Gasteiger charge is -1.96. The predicted molar refractivity (Wildman–Crippen MR) is 56.6 cm³/mol. The molecule has 0 radical (unpaired) electrons. The Hall–Kier alpha value is -0.850. The van der Waals surface area contributed by atoms with Crippen molar-refractivity contribution in [1.82, 2.24) is 0 Å². The monoisotopic (exact) mass is 165 g/mol. The molecule has 0 amide bonds. The van der Waals surface area contributed by atoms with Crippen LogP contribution in [0.5, 0.6) is 0 Å². The fourth-order valence-corrected chi connectivity index (χ4v) is 0.831. The summed E-state index contributed by atoms with van der Waals surface area (Å²) in [7, 11) is 0. The van der Waals surface area contributed by atoms with Gasteiger partial charge in [0.25, 0.3) is 0 Å². The van der Waals surface area contributed by atoms with Gasteiger partial charge in [-0.3, -0.25) is 4.99 Å². The SMILES string of the molecule is C\C=C(/C=N/C(C)=C\C)CCC. The average molecular weight is 165 g/mol. The van der Waals surface area contributed by atoms with Gasteiger partial charge < -0.3 is 0 Å². The zero-order chi connectivity index (χ0) is 9.40. The van der Waals surface area contributed by atoms with Crippen molar-refractivity contribution in [3.63, 3.8) is 0 Å². The van der Waals surface area contributed by atoms with Crippen LogP contribution in [-0.2, 0) is 0 Å². The smallest absolute Gasteiger partial charge is 0.0330 e. The molecule has 0 spiro atoms. The van der Waals surface area contributed by atoms with E-state index in [1.54, 1.807) is 0 Å². The molecule has 0 N–H and O–H groups in total. The Morgan fingerprint density at radius 1 is 1.25 bits per heavy atom. The lowest BCUT2D eigenvalue weighted by atomic mass is 10.1. The van der Waals surface area contributed by atoms with E-state index >= 15 is 0 Å². The summed E-state index contributed by atoms with van der Waals surface area (Å²) in [6.45, 7) is 8.25. The Kier molecular flexibility index (Phi) is 6.35. The molecule has 0 saturated heterocycles. The van der Waals surface area contributed by atoms with Gasteiger partial charge in [0.05, 0.1) is 0 Å². The van der Waals surface area contributed by atoms with E-state index in [0.717, 1.165) is 12.1 Å². The summed E-state index contributed by atoms with van der Waals surface area (Å²) in [5.41, 5.74) is 2.39. The molecular weight excluding hydrogens is 146 g/mol. The Labute approximate surface area is 75.9 Å². The summed E-state index contributed by atoms with van der Waals surface area (Å²) in [6, 6.07) is 0. The molecule has 1 heteroatoms. The van der Waals surface area contributed by atoms with E-state index in [-0.39, 0.29) is 0 Å². The molecule has 0 saturated carbocycles. The van der Waals surface area contributed by atoms with Gasteiger partial charge in [0.15, 0.2) is 0 Å². The third kappa shape index (κ3) is 4.89. The number of nitrogens with zero attached hydrogens (tertiary/aromatic N) is 1. The second-order valence-electron chi connectivity index (χ2n) is 2.80. The van der Waals surface area contributed by atoms with Crippen molar-refractivity contribution < 1.29 is 0 Å². The molecule has 0 aliphatic carbocycles. The van der Waals surface area contributed by atoms with Crippen LogP contribution in [0.4, 0.5) is 0 Å². The predicted octanol–water partition coefficient (Wildman–Crippen LogP) is 3.73. The van der Waals surface area contributed by atoms with Crippen LogP contribution in [0.3, 0.4) is 0 Å². The van der Waals surface area contributed by atoms with E-state index in [4.69, 9.17) is 0 Å². The van der Waals surface area contributed by atoms with Crippen LogP contribution in [0, 0.1) is 0 Å². The van der Waals surface area contributed by atoms with Crippen LogP contribution in [0.1, 0.15) is 40.5 Å². The highest BCUT2D eigenvalue weighted by Gasteiger charge is 1.88. The first-order chi connectivity index (χ1) is 5.74. The van der Waals surface area contributed by atoms with E-state index in [1.807, 2.05) is 26.1 Å². The lowest BCUT2D eigenvalue weighted by molar-refractivity contribution is 0.936. The maximum absolute atomic E-state index is 4.30. The molecule has 0 heterocycles. The van der Waals surface area contributed by atoms with Gasteiger partial charge in [-0.25, -0.2) is 0 Å². The third-order valence-electron chi connectivity index (χ3n) is 1.76. The van der Waals surface area contributed by atoms with Gasteiger partial charge in [0.2, 0.25) is 0 Å². The normalized spacial score (nSPS) is 14.3.